The van der Waals surface area contributed by atoms with E-state index in [1.54, 1.807) is 4.90 Å². The van der Waals surface area contributed by atoms with E-state index in [1.807, 2.05) is 45.0 Å². The molecule has 0 saturated heterocycles. The van der Waals surface area contributed by atoms with Crippen LogP contribution in [0.25, 0.3) is 0 Å². The van der Waals surface area contributed by atoms with E-state index in [2.05, 4.69) is 6.92 Å². The van der Waals surface area contributed by atoms with Gasteiger partial charge in [0, 0.05) is 18.2 Å². The van der Waals surface area contributed by atoms with Crippen molar-refractivity contribution in [3.05, 3.63) is 36.8 Å². The maximum absolute atomic E-state index is 11.8. The second-order valence-corrected chi connectivity index (χ2v) is 3.98. The standard InChI is InChI=1S/C13H18NO/c1-5-14(13(15)10(2)3)12-8-6-11(4)7-9-12/h6-10H,1,5H2,2-4H3. The van der Waals surface area contributed by atoms with Crippen LogP contribution in [0, 0.1) is 19.8 Å². The van der Waals surface area contributed by atoms with Crippen molar-refractivity contribution in [1.82, 2.24) is 0 Å². The summed E-state index contributed by atoms with van der Waals surface area (Å²) in [6, 6.07) is 7.93. The summed E-state index contributed by atoms with van der Waals surface area (Å²) in [4.78, 5) is 13.6. The Balaban J connectivity index is 2.92. The van der Waals surface area contributed by atoms with E-state index in [0.29, 0.717) is 6.54 Å². The number of hydrogen-bond donors (Lipinski definition) is 0. The smallest absolute Gasteiger partial charge is 0.229 e. The topological polar surface area (TPSA) is 20.3 Å². The maximum atomic E-state index is 11.8. The van der Waals surface area contributed by atoms with Gasteiger partial charge in [-0.25, -0.2) is 0 Å². The average Bonchev–Trinajstić information content (AvgIpc) is 2.21. The maximum Gasteiger partial charge on any atom is 0.229 e. The number of hydrogen-bond acceptors (Lipinski definition) is 1. The molecule has 1 aromatic carbocycles. The van der Waals surface area contributed by atoms with E-state index in [1.165, 1.54) is 5.56 Å². The Morgan fingerprint density at radius 1 is 1.33 bits per heavy atom. The third kappa shape index (κ3) is 2.82. The Kier molecular flexibility index (Phi) is 3.89. The van der Waals surface area contributed by atoms with E-state index in [0.717, 1.165) is 5.69 Å². The number of carbonyl (C=O) groups is 1. The first-order chi connectivity index (χ1) is 7.06. The van der Waals surface area contributed by atoms with Crippen LogP contribution in [0.2, 0.25) is 0 Å². The van der Waals surface area contributed by atoms with Crippen LogP contribution in [-0.2, 0) is 4.79 Å². The van der Waals surface area contributed by atoms with Crippen molar-refractivity contribution in [3.63, 3.8) is 0 Å². The van der Waals surface area contributed by atoms with Crippen LogP contribution < -0.4 is 4.90 Å². The first kappa shape index (κ1) is 11.8. The molecule has 0 aromatic heterocycles. The molecule has 1 rings (SSSR count). The zero-order chi connectivity index (χ0) is 11.4. The Morgan fingerprint density at radius 2 is 1.87 bits per heavy atom. The lowest BCUT2D eigenvalue weighted by molar-refractivity contribution is -0.121. The molecule has 2 nitrogen and oxygen atoms in total. The van der Waals surface area contributed by atoms with Crippen LogP contribution in [0.5, 0.6) is 0 Å². The minimum atomic E-state index is 0.00746. The van der Waals surface area contributed by atoms with Crippen LogP contribution >= 0.6 is 0 Å². The van der Waals surface area contributed by atoms with E-state index < -0.39 is 0 Å². The van der Waals surface area contributed by atoms with Crippen molar-refractivity contribution in [2.24, 2.45) is 5.92 Å². The van der Waals surface area contributed by atoms with E-state index in [-0.39, 0.29) is 11.8 Å². The van der Waals surface area contributed by atoms with Crippen molar-refractivity contribution in [2.45, 2.75) is 20.8 Å². The summed E-state index contributed by atoms with van der Waals surface area (Å²) >= 11 is 0. The van der Waals surface area contributed by atoms with Gasteiger partial charge in [0.15, 0.2) is 0 Å². The van der Waals surface area contributed by atoms with E-state index in [9.17, 15) is 4.79 Å². The molecule has 0 heterocycles. The van der Waals surface area contributed by atoms with E-state index in [4.69, 9.17) is 0 Å². The molecule has 0 spiro atoms. The quantitative estimate of drug-likeness (QED) is 0.741. The molecule has 0 atom stereocenters. The van der Waals surface area contributed by atoms with Gasteiger partial charge in [0.2, 0.25) is 5.91 Å². The zero-order valence-electron chi connectivity index (χ0n) is 9.66. The Labute approximate surface area is 91.9 Å². The fourth-order valence-electron chi connectivity index (χ4n) is 1.40. The second kappa shape index (κ2) is 4.96. The van der Waals surface area contributed by atoms with Crippen molar-refractivity contribution in [2.75, 3.05) is 11.4 Å². The monoisotopic (exact) mass is 204 g/mol. The molecule has 1 aromatic rings. The zero-order valence-corrected chi connectivity index (χ0v) is 9.66. The lowest BCUT2D eigenvalue weighted by atomic mass is 10.1. The largest absolute Gasteiger partial charge is 0.312 e. The summed E-state index contributed by atoms with van der Waals surface area (Å²) < 4.78 is 0. The molecule has 0 aliphatic rings. The first-order valence-electron chi connectivity index (χ1n) is 5.23. The van der Waals surface area contributed by atoms with Crippen molar-refractivity contribution in [3.8, 4) is 0 Å². The fourth-order valence-corrected chi connectivity index (χ4v) is 1.40. The van der Waals surface area contributed by atoms with Crippen LogP contribution in [0.4, 0.5) is 5.69 Å². The highest BCUT2D eigenvalue weighted by Gasteiger charge is 2.16. The molecule has 0 N–H and O–H groups in total. The molecule has 81 valence electrons. The molecule has 0 fully saturated rings. The number of benzene rings is 1. The van der Waals surface area contributed by atoms with Gasteiger partial charge in [-0.05, 0) is 26.0 Å². The van der Waals surface area contributed by atoms with Crippen LogP contribution in [0.1, 0.15) is 19.4 Å². The summed E-state index contributed by atoms with van der Waals surface area (Å²) in [5, 5.41) is 0. The highest BCUT2D eigenvalue weighted by atomic mass is 16.2. The Hall–Kier alpha value is -1.31. The van der Waals surface area contributed by atoms with Gasteiger partial charge >= 0.3 is 0 Å². The Bertz CT molecular complexity index is 327. The molecule has 15 heavy (non-hydrogen) atoms. The summed E-state index contributed by atoms with van der Waals surface area (Å²) in [6.45, 7) is 10.1. The van der Waals surface area contributed by atoms with Gasteiger partial charge in [-0.2, -0.15) is 0 Å². The van der Waals surface area contributed by atoms with Crippen molar-refractivity contribution < 1.29 is 4.79 Å². The predicted octanol–water partition coefficient (Wildman–Crippen LogP) is 2.82. The van der Waals surface area contributed by atoms with Gasteiger partial charge in [0.25, 0.3) is 0 Å². The third-order valence-corrected chi connectivity index (χ3v) is 2.33. The van der Waals surface area contributed by atoms with Gasteiger partial charge in [-0.15, -0.1) is 0 Å². The number of carbonyl (C=O) groups excluding carboxylic acids is 1. The normalized spacial score (nSPS) is 10.5. The molecule has 0 saturated carbocycles. The SMILES string of the molecule is [CH2]CN(C(=O)C(C)C)c1ccc(C)cc1. The lowest BCUT2D eigenvalue weighted by Crippen LogP contribution is -2.34. The molecule has 1 amide bonds. The summed E-state index contributed by atoms with van der Waals surface area (Å²) in [7, 11) is 0. The van der Waals surface area contributed by atoms with E-state index >= 15 is 0 Å². The van der Waals surface area contributed by atoms with Crippen LogP contribution in [0.3, 0.4) is 0 Å². The van der Waals surface area contributed by atoms with Crippen molar-refractivity contribution >= 4 is 11.6 Å². The number of anilines is 1. The van der Waals surface area contributed by atoms with Gasteiger partial charge in [-0.3, -0.25) is 4.79 Å². The number of aryl methyl sites for hydroxylation is 1. The summed E-state index contributed by atoms with van der Waals surface area (Å²) in [5.41, 5.74) is 2.12. The molecule has 0 aliphatic heterocycles. The average molecular weight is 204 g/mol. The van der Waals surface area contributed by atoms with Gasteiger partial charge in [0.1, 0.15) is 0 Å². The molecule has 0 aliphatic carbocycles. The highest BCUT2D eigenvalue weighted by molar-refractivity contribution is 5.94. The lowest BCUT2D eigenvalue weighted by Gasteiger charge is -2.23. The molecule has 0 unspecified atom stereocenters. The fraction of sp³-hybridized carbons (Fsp3) is 0.385. The van der Waals surface area contributed by atoms with Gasteiger partial charge in [-0.1, -0.05) is 31.5 Å². The number of amides is 1. The van der Waals surface area contributed by atoms with Gasteiger partial charge < -0.3 is 4.90 Å². The third-order valence-electron chi connectivity index (χ3n) is 2.33. The van der Waals surface area contributed by atoms with Crippen molar-refractivity contribution in [1.29, 1.82) is 0 Å². The second-order valence-electron chi connectivity index (χ2n) is 3.98. The highest BCUT2D eigenvalue weighted by Crippen LogP contribution is 2.17. The summed E-state index contributed by atoms with van der Waals surface area (Å²) in [6.07, 6.45) is 0. The first-order valence-corrected chi connectivity index (χ1v) is 5.23. The van der Waals surface area contributed by atoms with Crippen LogP contribution in [-0.4, -0.2) is 12.5 Å². The number of rotatable bonds is 3. The molecular weight excluding hydrogens is 186 g/mol. The minimum absolute atomic E-state index is 0.00746. The minimum Gasteiger partial charge on any atom is -0.312 e. The molecule has 2 heteroatoms. The summed E-state index contributed by atoms with van der Waals surface area (Å²) in [5.74, 6) is 0.127. The molecule has 1 radical (unpaired) electrons. The molecular formula is C13H18NO. The molecule has 0 bridgehead atoms. The Morgan fingerprint density at radius 3 is 2.27 bits per heavy atom. The number of nitrogens with zero attached hydrogens (tertiary/aromatic N) is 1. The van der Waals surface area contributed by atoms with Crippen LogP contribution in [0.15, 0.2) is 24.3 Å². The predicted molar refractivity (Wildman–Crippen MR) is 63.7 cm³/mol. The van der Waals surface area contributed by atoms with Gasteiger partial charge in [0.05, 0.1) is 0 Å².